The van der Waals surface area contributed by atoms with Gasteiger partial charge in [0.05, 0.1) is 0 Å². The van der Waals surface area contributed by atoms with E-state index in [4.69, 9.17) is 0 Å². The number of benzene rings is 1. The largest absolute Gasteiger partial charge is 0.353 e. The molecule has 1 aromatic rings. The molecule has 1 aromatic carbocycles. The first-order valence-electron chi connectivity index (χ1n) is 8.11. The van der Waals surface area contributed by atoms with E-state index in [1.807, 2.05) is 0 Å². The number of carbonyl (C=O) groups is 1. The average Bonchev–Trinajstić information content (AvgIpc) is 3.08. The molecule has 0 aromatic heterocycles. The first-order chi connectivity index (χ1) is 9.74. The van der Waals surface area contributed by atoms with Gasteiger partial charge in [0.15, 0.2) is 0 Å². The van der Waals surface area contributed by atoms with E-state index in [2.05, 4.69) is 36.5 Å². The molecule has 0 aliphatic heterocycles. The van der Waals surface area contributed by atoms with Gasteiger partial charge < -0.3 is 5.32 Å². The Morgan fingerprint density at radius 2 is 1.90 bits per heavy atom. The van der Waals surface area contributed by atoms with Crippen molar-refractivity contribution in [2.75, 3.05) is 0 Å². The lowest BCUT2D eigenvalue weighted by molar-refractivity contribution is -0.122. The Kier molecular flexibility index (Phi) is 4.09. The first-order valence-corrected chi connectivity index (χ1v) is 8.11. The van der Waals surface area contributed by atoms with Crippen LogP contribution in [0.5, 0.6) is 0 Å². The van der Waals surface area contributed by atoms with Crippen LogP contribution in [0.3, 0.4) is 0 Å². The van der Waals surface area contributed by atoms with Gasteiger partial charge in [-0.2, -0.15) is 0 Å². The average molecular weight is 271 g/mol. The molecular weight excluding hydrogens is 246 g/mol. The summed E-state index contributed by atoms with van der Waals surface area (Å²) >= 11 is 0. The van der Waals surface area contributed by atoms with Crippen LogP contribution in [0.2, 0.25) is 0 Å². The van der Waals surface area contributed by atoms with Gasteiger partial charge in [0, 0.05) is 12.5 Å². The number of nitrogens with one attached hydrogen (secondary N) is 1. The van der Waals surface area contributed by atoms with E-state index in [-0.39, 0.29) is 5.91 Å². The molecule has 0 heterocycles. The summed E-state index contributed by atoms with van der Waals surface area (Å²) in [6.07, 6.45) is 7.85. The summed E-state index contributed by atoms with van der Waals surface area (Å²) in [4.78, 5) is 12.1. The molecule has 3 atom stereocenters. The van der Waals surface area contributed by atoms with E-state index in [9.17, 15) is 4.79 Å². The quantitative estimate of drug-likeness (QED) is 0.872. The molecule has 0 radical (unpaired) electrons. The Hall–Kier alpha value is -1.31. The number of amides is 1. The lowest BCUT2D eigenvalue weighted by Gasteiger charge is -2.22. The maximum Gasteiger partial charge on any atom is 0.220 e. The van der Waals surface area contributed by atoms with E-state index in [1.165, 1.54) is 36.8 Å². The highest BCUT2D eigenvalue weighted by Crippen LogP contribution is 2.44. The van der Waals surface area contributed by atoms with Crippen molar-refractivity contribution in [2.24, 2.45) is 11.8 Å². The van der Waals surface area contributed by atoms with Crippen LogP contribution in [-0.2, 0) is 17.6 Å². The van der Waals surface area contributed by atoms with Crippen LogP contribution in [0.1, 0.15) is 50.2 Å². The van der Waals surface area contributed by atoms with Gasteiger partial charge in [0.25, 0.3) is 0 Å². The number of aryl methyl sites for hydroxylation is 2. The van der Waals surface area contributed by atoms with Gasteiger partial charge in [-0.15, -0.1) is 0 Å². The monoisotopic (exact) mass is 271 g/mol. The fourth-order valence-electron chi connectivity index (χ4n) is 3.90. The molecule has 0 unspecified atom stereocenters. The molecule has 1 N–H and O–H groups in total. The normalized spacial score (nSPS) is 27.8. The molecule has 2 bridgehead atoms. The molecule has 1 amide bonds. The number of rotatable bonds is 5. The third-order valence-electron chi connectivity index (χ3n) is 5.16. The van der Waals surface area contributed by atoms with Crippen molar-refractivity contribution in [2.45, 2.75) is 57.9 Å². The molecule has 2 saturated carbocycles. The zero-order valence-electron chi connectivity index (χ0n) is 12.4. The fourth-order valence-corrected chi connectivity index (χ4v) is 3.90. The summed E-state index contributed by atoms with van der Waals surface area (Å²) in [6.45, 7) is 2.16. The highest BCUT2D eigenvalue weighted by atomic mass is 16.1. The van der Waals surface area contributed by atoms with Crippen LogP contribution < -0.4 is 5.32 Å². The zero-order chi connectivity index (χ0) is 13.9. The molecule has 20 heavy (non-hydrogen) atoms. The molecule has 2 heteroatoms. The van der Waals surface area contributed by atoms with Crippen LogP contribution >= 0.6 is 0 Å². The van der Waals surface area contributed by atoms with Crippen LogP contribution in [-0.4, -0.2) is 11.9 Å². The van der Waals surface area contributed by atoms with E-state index < -0.39 is 0 Å². The lowest BCUT2D eigenvalue weighted by Crippen LogP contribution is -2.38. The van der Waals surface area contributed by atoms with Crippen LogP contribution in [0.25, 0.3) is 0 Å². The molecule has 108 valence electrons. The standard InChI is InChI=1S/C18H25NO/c1-2-13-3-5-14(6-4-13)8-10-18(20)19-17-12-15-7-9-16(17)11-15/h3-6,15-17H,2,7-12H2,1H3,(H,19,20)/t15-,16-,17+/m0/s1. The summed E-state index contributed by atoms with van der Waals surface area (Å²) in [6, 6.07) is 9.13. The minimum atomic E-state index is 0.238. The smallest absolute Gasteiger partial charge is 0.220 e. The summed E-state index contributed by atoms with van der Waals surface area (Å²) in [5.74, 6) is 1.90. The number of fused-ring (bicyclic) bond motifs is 2. The molecule has 2 fully saturated rings. The van der Waals surface area contributed by atoms with Crippen LogP contribution in [0, 0.1) is 11.8 Å². The second kappa shape index (κ2) is 5.99. The Bertz CT molecular complexity index is 465. The zero-order valence-corrected chi connectivity index (χ0v) is 12.4. The van der Waals surface area contributed by atoms with E-state index in [0.29, 0.717) is 12.5 Å². The van der Waals surface area contributed by atoms with Gasteiger partial charge in [-0.25, -0.2) is 0 Å². The van der Waals surface area contributed by atoms with Crippen LogP contribution in [0.15, 0.2) is 24.3 Å². The predicted octanol–water partition coefficient (Wildman–Crippen LogP) is 3.49. The van der Waals surface area contributed by atoms with Gasteiger partial charge in [-0.05, 0) is 55.1 Å². The second-order valence-corrected chi connectivity index (χ2v) is 6.52. The minimum Gasteiger partial charge on any atom is -0.353 e. The molecule has 2 aliphatic carbocycles. The van der Waals surface area contributed by atoms with Crippen molar-refractivity contribution in [3.05, 3.63) is 35.4 Å². The summed E-state index contributed by atoms with van der Waals surface area (Å²) in [7, 11) is 0. The third-order valence-corrected chi connectivity index (χ3v) is 5.16. The predicted molar refractivity (Wildman–Crippen MR) is 81.5 cm³/mol. The number of carbonyl (C=O) groups excluding carboxylic acids is 1. The molecule has 3 rings (SSSR count). The van der Waals surface area contributed by atoms with Gasteiger partial charge in [-0.1, -0.05) is 37.6 Å². The Morgan fingerprint density at radius 1 is 1.15 bits per heavy atom. The fraction of sp³-hybridized carbons (Fsp3) is 0.611. The maximum atomic E-state index is 12.1. The van der Waals surface area contributed by atoms with Gasteiger partial charge in [-0.3, -0.25) is 4.79 Å². The van der Waals surface area contributed by atoms with Crippen molar-refractivity contribution in [3.8, 4) is 0 Å². The number of hydrogen-bond donors (Lipinski definition) is 1. The second-order valence-electron chi connectivity index (χ2n) is 6.52. The lowest BCUT2D eigenvalue weighted by atomic mass is 9.95. The Morgan fingerprint density at radius 3 is 2.50 bits per heavy atom. The summed E-state index contributed by atoms with van der Waals surface area (Å²) < 4.78 is 0. The molecule has 0 saturated heterocycles. The van der Waals surface area contributed by atoms with Crippen LogP contribution in [0.4, 0.5) is 0 Å². The Labute approximate surface area is 122 Å². The van der Waals surface area contributed by atoms with Gasteiger partial charge >= 0.3 is 0 Å². The van der Waals surface area contributed by atoms with Crippen molar-refractivity contribution in [1.82, 2.24) is 5.32 Å². The highest BCUT2D eigenvalue weighted by Gasteiger charge is 2.39. The SMILES string of the molecule is CCc1ccc(CCC(=O)N[C@@H]2C[C@H]3CC[C@H]2C3)cc1. The number of hydrogen-bond acceptors (Lipinski definition) is 1. The highest BCUT2D eigenvalue weighted by molar-refractivity contribution is 5.76. The van der Waals surface area contributed by atoms with E-state index >= 15 is 0 Å². The van der Waals surface area contributed by atoms with Gasteiger partial charge in [0.1, 0.15) is 0 Å². The topological polar surface area (TPSA) is 29.1 Å². The van der Waals surface area contributed by atoms with E-state index in [1.54, 1.807) is 0 Å². The molecule has 2 aliphatic rings. The van der Waals surface area contributed by atoms with Gasteiger partial charge in [0.2, 0.25) is 5.91 Å². The van der Waals surface area contributed by atoms with Crippen molar-refractivity contribution >= 4 is 5.91 Å². The van der Waals surface area contributed by atoms with Crippen molar-refractivity contribution in [1.29, 1.82) is 0 Å². The molecular formula is C18H25NO. The Balaban J connectivity index is 1.44. The molecule has 0 spiro atoms. The van der Waals surface area contributed by atoms with Crippen molar-refractivity contribution < 1.29 is 4.79 Å². The van der Waals surface area contributed by atoms with Crippen molar-refractivity contribution in [3.63, 3.8) is 0 Å². The summed E-state index contributed by atoms with van der Waals surface area (Å²) in [5, 5.41) is 3.26. The molecule has 2 nitrogen and oxygen atoms in total. The first kappa shape index (κ1) is 13.7. The minimum absolute atomic E-state index is 0.238. The van der Waals surface area contributed by atoms with E-state index in [0.717, 1.165) is 24.7 Å². The summed E-state index contributed by atoms with van der Waals surface area (Å²) in [5.41, 5.74) is 2.63. The third kappa shape index (κ3) is 3.05. The maximum absolute atomic E-state index is 12.1.